The van der Waals surface area contributed by atoms with Crippen LogP contribution in [0.5, 0.6) is 0 Å². The van der Waals surface area contributed by atoms with Crippen LogP contribution in [0.1, 0.15) is 24.6 Å². The summed E-state index contributed by atoms with van der Waals surface area (Å²) >= 11 is 0. The second kappa shape index (κ2) is 9.61. The zero-order valence-electron chi connectivity index (χ0n) is 15.4. The molecule has 0 atom stereocenters. The van der Waals surface area contributed by atoms with Gasteiger partial charge in [-0.25, -0.2) is 4.98 Å². The Labute approximate surface area is 155 Å². The predicted octanol–water partition coefficient (Wildman–Crippen LogP) is 3.06. The first-order chi connectivity index (χ1) is 12.8. The van der Waals surface area contributed by atoms with E-state index in [-0.39, 0.29) is 0 Å². The number of hydrogen-bond donors (Lipinski definition) is 2. The molecule has 5 nitrogen and oxygen atoms in total. The molecule has 0 aliphatic heterocycles. The number of imidazole rings is 1. The van der Waals surface area contributed by atoms with Gasteiger partial charge in [0.15, 0.2) is 5.96 Å². The van der Waals surface area contributed by atoms with Gasteiger partial charge in [0.05, 0.1) is 5.69 Å². The lowest BCUT2D eigenvalue weighted by atomic mass is 10.1. The summed E-state index contributed by atoms with van der Waals surface area (Å²) in [6, 6.07) is 16.6. The number of aliphatic imine (C=N–C) groups is 1. The quantitative estimate of drug-likeness (QED) is 0.373. The van der Waals surface area contributed by atoms with Gasteiger partial charge in [0.25, 0.3) is 0 Å². The van der Waals surface area contributed by atoms with E-state index < -0.39 is 0 Å². The molecule has 5 heteroatoms. The number of fused-ring (bicyclic) bond motifs is 1. The fourth-order valence-electron chi connectivity index (χ4n) is 2.88. The predicted molar refractivity (Wildman–Crippen MR) is 108 cm³/mol. The molecule has 26 heavy (non-hydrogen) atoms. The summed E-state index contributed by atoms with van der Waals surface area (Å²) in [5.41, 5.74) is 3.44. The maximum absolute atomic E-state index is 4.67. The van der Waals surface area contributed by atoms with E-state index in [0.29, 0.717) is 0 Å². The molecule has 0 unspecified atom stereocenters. The van der Waals surface area contributed by atoms with Crippen LogP contribution in [-0.4, -0.2) is 35.0 Å². The molecule has 0 aliphatic rings. The molecule has 3 aromatic rings. The molecule has 0 bridgehead atoms. The minimum atomic E-state index is 0.814. The van der Waals surface area contributed by atoms with Crippen LogP contribution >= 0.6 is 0 Å². The monoisotopic (exact) mass is 349 g/mol. The molecule has 3 rings (SSSR count). The van der Waals surface area contributed by atoms with E-state index in [1.54, 1.807) is 0 Å². The average Bonchev–Trinajstić information content (AvgIpc) is 3.09. The van der Waals surface area contributed by atoms with Crippen LogP contribution in [0.3, 0.4) is 0 Å². The van der Waals surface area contributed by atoms with Gasteiger partial charge >= 0.3 is 0 Å². The summed E-state index contributed by atoms with van der Waals surface area (Å²) in [6.45, 7) is 4.58. The Kier molecular flexibility index (Phi) is 6.65. The first-order valence-electron chi connectivity index (χ1n) is 9.34. The zero-order valence-corrected chi connectivity index (χ0v) is 15.4. The lowest BCUT2D eigenvalue weighted by Gasteiger charge is -2.10. The number of nitrogens with zero attached hydrogens (tertiary/aromatic N) is 3. The minimum absolute atomic E-state index is 0.814. The summed E-state index contributed by atoms with van der Waals surface area (Å²) in [7, 11) is 0. The van der Waals surface area contributed by atoms with Gasteiger partial charge in [-0.1, -0.05) is 36.4 Å². The summed E-state index contributed by atoms with van der Waals surface area (Å²) in [6.07, 6.45) is 7.09. The first-order valence-corrected chi connectivity index (χ1v) is 9.34. The molecule has 0 saturated heterocycles. The number of benzene rings is 1. The number of nitrogens with one attached hydrogen (secondary N) is 2. The van der Waals surface area contributed by atoms with Crippen LogP contribution in [-0.2, 0) is 12.8 Å². The van der Waals surface area contributed by atoms with Gasteiger partial charge in [0.2, 0.25) is 0 Å². The summed E-state index contributed by atoms with van der Waals surface area (Å²) in [4.78, 5) is 9.30. The normalized spacial score (nSPS) is 11.7. The SMILES string of the molecule is CCNC(=NCCCc1ccccc1)NCCc1cn2ccccc2n1. The number of aromatic nitrogens is 2. The standard InChI is InChI=1S/C21H27N5/c1-2-22-21(23-14-8-11-18-9-4-3-5-10-18)24-15-13-19-17-26-16-7-6-12-20(26)25-19/h3-7,9-10,12,16-17H,2,8,11,13-15H2,1H3,(H2,22,23,24). The Morgan fingerprint density at radius 2 is 1.88 bits per heavy atom. The highest BCUT2D eigenvalue weighted by Crippen LogP contribution is 2.05. The molecule has 2 aromatic heterocycles. The van der Waals surface area contributed by atoms with E-state index in [2.05, 4.69) is 68.5 Å². The minimum Gasteiger partial charge on any atom is -0.357 e. The first kappa shape index (κ1) is 18.0. The molecule has 0 amide bonds. The van der Waals surface area contributed by atoms with E-state index in [0.717, 1.165) is 56.2 Å². The molecular formula is C21H27N5. The summed E-state index contributed by atoms with van der Waals surface area (Å²) < 4.78 is 2.05. The topological polar surface area (TPSA) is 53.7 Å². The molecule has 0 spiro atoms. The highest BCUT2D eigenvalue weighted by molar-refractivity contribution is 5.79. The fraction of sp³-hybridized carbons (Fsp3) is 0.333. The van der Waals surface area contributed by atoms with Crippen LogP contribution < -0.4 is 10.6 Å². The van der Waals surface area contributed by atoms with Crippen molar-refractivity contribution in [2.75, 3.05) is 19.6 Å². The van der Waals surface area contributed by atoms with Gasteiger partial charge in [-0.05, 0) is 37.5 Å². The highest BCUT2D eigenvalue weighted by atomic mass is 15.2. The van der Waals surface area contributed by atoms with Crippen molar-refractivity contribution < 1.29 is 0 Å². The van der Waals surface area contributed by atoms with E-state index in [1.807, 2.05) is 24.4 Å². The second-order valence-electron chi connectivity index (χ2n) is 6.22. The van der Waals surface area contributed by atoms with Crippen LogP contribution in [0.2, 0.25) is 0 Å². The third-order valence-corrected chi connectivity index (χ3v) is 4.17. The van der Waals surface area contributed by atoms with Gasteiger partial charge in [0, 0.05) is 38.4 Å². The summed E-state index contributed by atoms with van der Waals surface area (Å²) in [5, 5.41) is 6.71. The van der Waals surface area contributed by atoms with Crippen molar-refractivity contribution in [3.05, 3.63) is 72.2 Å². The van der Waals surface area contributed by atoms with Crippen LogP contribution in [0, 0.1) is 0 Å². The van der Waals surface area contributed by atoms with Gasteiger partial charge in [-0.3, -0.25) is 4.99 Å². The molecule has 0 radical (unpaired) electrons. The highest BCUT2D eigenvalue weighted by Gasteiger charge is 2.02. The lowest BCUT2D eigenvalue weighted by molar-refractivity contribution is 0.772. The number of aryl methyl sites for hydroxylation is 1. The molecule has 0 aliphatic carbocycles. The van der Waals surface area contributed by atoms with Crippen molar-refractivity contribution in [1.29, 1.82) is 0 Å². The van der Waals surface area contributed by atoms with E-state index in [1.165, 1.54) is 5.56 Å². The Bertz CT molecular complexity index is 790. The number of pyridine rings is 1. The molecule has 136 valence electrons. The molecule has 2 heterocycles. The number of rotatable bonds is 8. The van der Waals surface area contributed by atoms with Crippen molar-refractivity contribution in [1.82, 2.24) is 20.0 Å². The molecule has 2 N–H and O–H groups in total. The number of hydrogen-bond acceptors (Lipinski definition) is 2. The Morgan fingerprint density at radius 3 is 2.69 bits per heavy atom. The van der Waals surface area contributed by atoms with Crippen LogP contribution in [0.15, 0.2) is 65.9 Å². The van der Waals surface area contributed by atoms with Crippen molar-refractivity contribution in [2.24, 2.45) is 4.99 Å². The van der Waals surface area contributed by atoms with Crippen molar-refractivity contribution >= 4 is 11.6 Å². The fourth-order valence-corrected chi connectivity index (χ4v) is 2.88. The van der Waals surface area contributed by atoms with Crippen molar-refractivity contribution in [3.63, 3.8) is 0 Å². The third kappa shape index (κ3) is 5.34. The number of guanidine groups is 1. The van der Waals surface area contributed by atoms with Crippen molar-refractivity contribution in [3.8, 4) is 0 Å². The molecule has 0 saturated carbocycles. The average molecular weight is 349 g/mol. The largest absolute Gasteiger partial charge is 0.357 e. The van der Waals surface area contributed by atoms with Gasteiger partial charge in [-0.15, -0.1) is 0 Å². The third-order valence-electron chi connectivity index (χ3n) is 4.17. The van der Waals surface area contributed by atoms with Gasteiger partial charge in [0.1, 0.15) is 5.65 Å². The van der Waals surface area contributed by atoms with E-state index >= 15 is 0 Å². The van der Waals surface area contributed by atoms with Crippen LogP contribution in [0.25, 0.3) is 5.65 Å². The smallest absolute Gasteiger partial charge is 0.191 e. The van der Waals surface area contributed by atoms with Gasteiger partial charge < -0.3 is 15.0 Å². The Morgan fingerprint density at radius 1 is 1.04 bits per heavy atom. The summed E-state index contributed by atoms with van der Waals surface area (Å²) in [5.74, 6) is 0.879. The maximum atomic E-state index is 4.67. The lowest BCUT2D eigenvalue weighted by Crippen LogP contribution is -2.38. The van der Waals surface area contributed by atoms with E-state index in [9.17, 15) is 0 Å². The maximum Gasteiger partial charge on any atom is 0.191 e. The van der Waals surface area contributed by atoms with Crippen LogP contribution in [0.4, 0.5) is 0 Å². The molecule has 1 aromatic carbocycles. The molecular weight excluding hydrogens is 322 g/mol. The van der Waals surface area contributed by atoms with E-state index in [4.69, 9.17) is 0 Å². The zero-order chi connectivity index (χ0) is 18.0. The molecule has 0 fully saturated rings. The van der Waals surface area contributed by atoms with Crippen molar-refractivity contribution in [2.45, 2.75) is 26.2 Å². The van der Waals surface area contributed by atoms with Gasteiger partial charge in [-0.2, -0.15) is 0 Å². The Hall–Kier alpha value is -2.82. The Balaban J connectivity index is 1.45. The second-order valence-corrected chi connectivity index (χ2v) is 6.22.